The zero-order chi connectivity index (χ0) is 30.7. The highest BCUT2D eigenvalue weighted by Crippen LogP contribution is 2.44. The molecule has 10 nitrogen and oxygen atoms in total. The van der Waals surface area contributed by atoms with Crippen LogP contribution in [0.15, 0.2) is 36.4 Å². The van der Waals surface area contributed by atoms with Gasteiger partial charge in [0.05, 0.1) is 29.3 Å². The van der Waals surface area contributed by atoms with E-state index in [1.807, 2.05) is 41.3 Å². The topological polar surface area (TPSA) is 106 Å². The first-order valence-corrected chi connectivity index (χ1v) is 15.4. The number of carboxylic acid groups (broad SMARTS) is 1. The minimum absolute atomic E-state index is 0.111. The number of benzene rings is 2. The summed E-state index contributed by atoms with van der Waals surface area (Å²) in [7, 11) is 2.06. The average molecular weight is 629 g/mol. The Kier molecular flexibility index (Phi) is 7.41. The summed E-state index contributed by atoms with van der Waals surface area (Å²) in [5.74, 6) is 0.555. The van der Waals surface area contributed by atoms with Gasteiger partial charge in [-0.3, -0.25) is 4.90 Å². The largest absolute Gasteiger partial charge is 0.465 e. The predicted molar refractivity (Wildman–Crippen MR) is 162 cm³/mol. The molecule has 234 valence electrons. The van der Waals surface area contributed by atoms with Gasteiger partial charge in [-0.05, 0) is 50.4 Å². The lowest BCUT2D eigenvalue weighted by Crippen LogP contribution is -2.61. The summed E-state index contributed by atoms with van der Waals surface area (Å²) in [5, 5.41) is 23.5. The van der Waals surface area contributed by atoms with Crippen molar-refractivity contribution in [1.29, 1.82) is 0 Å². The van der Waals surface area contributed by atoms with Crippen molar-refractivity contribution in [1.82, 2.24) is 19.8 Å². The molecule has 5 heterocycles. The van der Waals surface area contributed by atoms with E-state index in [0.29, 0.717) is 37.0 Å². The molecule has 7 rings (SSSR count). The normalized spacial score (nSPS) is 27.0. The molecule has 0 radical (unpaired) electrons. The fraction of sp³-hybridized carbons (Fsp3) is 0.516. The zero-order valence-electron chi connectivity index (χ0n) is 24.4. The molecular formula is C31H35ClF2N6O4. The average Bonchev–Trinajstić information content (AvgIpc) is 3.50. The van der Waals surface area contributed by atoms with Crippen LogP contribution in [0, 0.1) is 0 Å². The quantitative estimate of drug-likeness (QED) is 0.414. The molecule has 0 spiro atoms. The number of aliphatic hydroxyl groups is 1. The number of aromatic nitrogens is 2. The number of halogens is 3. The van der Waals surface area contributed by atoms with Crippen molar-refractivity contribution in [2.24, 2.45) is 0 Å². The maximum absolute atomic E-state index is 14.1. The van der Waals surface area contributed by atoms with E-state index in [0.717, 1.165) is 52.0 Å². The van der Waals surface area contributed by atoms with Crippen LogP contribution in [-0.2, 0) is 13.0 Å². The minimum Gasteiger partial charge on any atom is -0.465 e. The lowest BCUT2D eigenvalue weighted by Gasteiger charge is -2.43. The molecule has 3 saturated heterocycles. The zero-order valence-corrected chi connectivity index (χ0v) is 25.1. The Morgan fingerprint density at radius 1 is 1.16 bits per heavy atom. The molecule has 4 atom stereocenters. The molecule has 1 amide bonds. The van der Waals surface area contributed by atoms with Crippen LogP contribution in [0.4, 0.5) is 25.1 Å². The molecule has 1 aromatic heterocycles. The standard InChI is InChI=1S/C31H35ClF2N6O4/c1-37-11-4-7-19(37)17-44-29-35-23-15-38(24-9-3-6-18-5-2-8-22(32)26(18)24)12-10-21(23)27(36-29)39-14-20-13-31(43,28(33)34)25(16-39)40(20)30(41)42/h2-3,5-6,8-9,19-20,25,28,43H,4,7,10-17H2,1H3,(H,41,42)/t19?,20-,25-,31?/m1/s1. The minimum atomic E-state index is -3.08. The summed E-state index contributed by atoms with van der Waals surface area (Å²) >= 11 is 6.66. The monoisotopic (exact) mass is 628 g/mol. The summed E-state index contributed by atoms with van der Waals surface area (Å²) in [6.07, 6.45) is -2.05. The summed E-state index contributed by atoms with van der Waals surface area (Å²) in [5.41, 5.74) is 0.199. The Morgan fingerprint density at radius 2 is 1.95 bits per heavy atom. The van der Waals surface area contributed by atoms with Gasteiger partial charge in [-0.25, -0.2) is 13.6 Å². The molecule has 0 aliphatic carbocycles. The number of alkyl halides is 2. The van der Waals surface area contributed by atoms with Crippen LogP contribution in [0.5, 0.6) is 6.01 Å². The lowest BCUT2D eigenvalue weighted by molar-refractivity contribution is -0.109. The number of ether oxygens (including phenoxy) is 1. The fourth-order valence-electron chi connectivity index (χ4n) is 7.56. The molecular weight excluding hydrogens is 594 g/mol. The van der Waals surface area contributed by atoms with Crippen molar-refractivity contribution in [3.63, 3.8) is 0 Å². The van der Waals surface area contributed by atoms with Crippen molar-refractivity contribution in [3.8, 4) is 6.01 Å². The van der Waals surface area contributed by atoms with E-state index < -0.39 is 30.2 Å². The Balaban J connectivity index is 1.25. The van der Waals surface area contributed by atoms with Crippen LogP contribution in [0.1, 0.15) is 30.5 Å². The van der Waals surface area contributed by atoms with E-state index in [-0.39, 0.29) is 31.6 Å². The van der Waals surface area contributed by atoms with E-state index in [1.165, 1.54) is 0 Å². The van der Waals surface area contributed by atoms with E-state index in [1.54, 1.807) is 0 Å². The molecule has 4 aliphatic rings. The molecule has 2 N–H and O–H groups in total. The number of anilines is 2. The molecule has 0 saturated carbocycles. The summed E-state index contributed by atoms with van der Waals surface area (Å²) in [4.78, 5) is 29.1. The SMILES string of the molecule is CN1CCCC1COc1nc2c(c(N3C[C@H]4CC(O)(C(F)F)[C@@H](C3)N4C(=O)O)n1)CCN(c1cccc3cccc(Cl)c13)C2. The second-order valence-corrected chi connectivity index (χ2v) is 12.8. The van der Waals surface area contributed by atoms with E-state index in [2.05, 4.69) is 16.8 Å². The van der Waals surface area contributed by atoms with Crippen LogP contribution in [-0.4, -0.2) is 106 Å². The molecule has 2 bridgehead atoms. The number of rotatable bonds is 6. The highest BCUT2D eigenvalue weighted by Gasteiger charge is 2.61. The third-order valence-corrected chi connectivity index (χ3v) is 10.2. The number of nitrogens with zero attached hydrogens (tertiary/aromatic N) is 6. The first kappa shape index (κ1) is 29.2. The first-order chi connectivity index (χ1) is 21.1. The van der Waals surface area contributed by atoms with Gasteiger partial charge in [-0.15, -0.1) is 0 Å². The van der Waals surface area contributed by atoms with Crippen LogP contribution in [0.2, 0.25) is 5.02 Å². The first-order valence-electron chi connectivity index (χ1n) is 15.1. The second-order valence-electron chi connectivity index (χ2n) is 12.4. The van der Waals surface area contributed by atoms with Gasteiger partial charge < -0.3 is 29.6 Å². The van der Waals surface area contributed by atoms with Gasteiger partial charge in [0.25, 0.3) is 6.43 Å². The number of hydrogen-bond donors (Lipinski definition) is 2. The van der Waals surface area contributed by atoms with Crippen molar-refractivity contribution < 1.29 is 28.5 Å². The lowest BCUT2D eigenvalue weighted by atomic mass is 9.94. The Bertz CT molecular complexity index is 1590. The molecule has 44 heavy (non-hydrogen) atoms. The predicted octanol–water partition coefficient (Wildman–Crippen LogP) is 4.26. The molecule has 13 heteroatoms. The van der Waals surface area contributed by atoms with Crippen LogP contribution in [0.3, 0.4) is 0 Å². The molecule has 2 aromatic carbocycles. The molecule has 4 aliphatic heterocycles. The van der Waals surface area contributed by atoms with Gasteiger partial charge in [0.1, 0.15) is 18.0 Å². The smallest absolute Gasteiger partial charge is 0.408 e. The van der Waals surface area contributed by atoms with Gasteiger partial charge in [0.2, 0.25) is 0 Å². The van der Waals surface area contributed by atoms with E-state index in [9.17, 15) is 23.8 Å². The third kappa shape index (κ3) is 4.87. The van der Waals surface area contributed by atoms with Gasteiger partial charge in [-0.2, -0.15) is 9.97 Å². The number of amides is 1. The van der Waals surface area contributed by atoms with Crippen LogP contribution < -0.4 is 14.5 Å². The Morgan fingerprint density at radius 3 is 2.68 bits per heavy atom. The number of hydrogen-bond acceptors (Lipinski definition) is 8. The van der Waals surface area contributed by atoms with Crippen LogP contribution >= 0.6 is 11.6 Å². The second kappa shape index (κ2) is 11.1. The van der Waals surface area contributed by atoms with Gasteiger partial charge >= 0.3 is 12.1 Å². The third-order valence-electron chi connectivity index (χ3n) is 9.86. The maximum atomic E-state index is 14.1. The Hall–Kier alpha value is -3.48. The van der Waals surface area contributed by atoms with Crippen molar-refractivity contribution in [3.05, 3.63) is 52.7 Å². The molecule has 2 unspecified atom stereocenters. The van der Waals surface area contributed by atoms with Crippen molar-refractivity contribution in [2.75, 3.05) is 49.6 Å². The highest BCUT2D eigenvalue weighted by atomic mass is 35.5. The number of fused-ring (bicyclic) bond motifs is 4. The maximum Gasteiger partial charge on any atom is 0.408 e. The van der Waals surface area contributed by atoms with Crippen LogP contribution in [0.25, 0.3) is 10.8 Å². The van der Waals surface area contributed by atoms with E-state index >= 15 is 0 Å². The number of piperazine rings is 1. The molecule has 3 aromatic rings. The number of likely N-dealkylation sites (tertiary alicyclic amines) is 1. The summed E-state index contributed by atoms with van der Waals surface area (Å²) < 4.78 is 34.5. The fourth-order valence-corrected chi connectivity index (χ4v) is 7.84. The number of likely N-dealkylation sites (N-methyl/N-ethyl adjacent to an activating group) is 1. The van der Waals surface area contributed by atoms with E-state index in [4.69, 9.17) is 26.3 Å². The van der Waals surface area contributed by atoms with Gasteiger partial charge in [-0.1, -0.05) is 35.9 Å². The summed E-state index contributed by atoms with van der Waals surface area (Å²) in [6.45, 7) is 2.54. The van der Waals surface area contributed by atoms with Gasteiger partial charge in [0, 0.05) is 48.7 Å². The van der Waals surface area contributed by atoms with Crippen molar-refractivity contribution in [2.45, 2.75) is 62.4 Å². The van der Waals surface area contributed by atoms with Crippen molar-refractivity contribution >= 4 is 40.0 Å². The summed E-state index contributed by atoms with van der Waals surface area (Å²) in [6, 6.07) is 10.3. The molecule has 3 fully saturated rings. The number of carbonyl (C=O) groups is 1. The highest BCUT2D eigenvalue weighted by molar-refractivity contribution is 6.36. The van der Waals surface area contributed by atoms with Gasteiger partial charge in [0.15, 0.2) is 0 Å². The Labute approximate surface area is 258 Å².